The van der Waals surface area contributed by atoms with Crippen molar-refractivity contribution in [1.82, 2.24) is 14.7 Å². The number of nitrogens with one attached hydrogen (secondary N) is 1. The van der Waals surface area contributed by atoms with E-state index < -0.39 is 0 Å². The number of imidazole rings is 1. The Labute approximate surface area is 112 Å². The van der Waals surface area contributed by atoms with Crippen molar-refractivity contribution in [2.75, 3.05) is 13.2 Å². The molecule has 0 aliphatic carbocycles. The minimum absolute atomic E-state index is 0.0968. The van der Waals surface area contributed by atoms with E-state index in [1.807, 2.05) is 39.1 Å². The molecule has 2 rings (SSSR count). The first-order valence-electron chi connectivity index (χ1n) is 6.57. The molecule has 5 nitrogen and oxygen atoms in total. The summed E-state index contributed by atoms with van der Waals surface area (Å²) in [4.78, 5) is 16.6. The first-order chi connectivity index (χ1) is 9.19. The van der Waals surface area contributed by atoms with Crippen LogP contribution < -0.4 is 10.1 Å². The van der Waals surface area contributed by atoms with Gasteiger partial charge in [-0.05, 0) is 32.4 Å². The summed E-state index contributed by atoms with van der Waals surface area (Å²) < 4.78 is 7.32. The summed E-state index contributed by atoms with van der Waals surface area (Å²) in [6.45, 7) is 7.02. The summed E-state index contributed by atoms with van der Waals surface area (Å²) >= 11 is 0. The minimum atomic E-state index is -0.0968. The number of rotatable bonds is 5. The smallest absolute Gasteiger partial charge is 0.270 e. The highest BCUT2D eigenvalue weighted by atomic mass is 16.5. The monoisotopic (exact) mass is 261 g/mol. The number of carbonyl (C=O) groups is 1. The van der Waals surface area contributed by atoms with Crippen molar-refractivity contribution >= 4 is 11.6 Å². The molecule has 102 valence electrons. The number of aryl methyl sites for hydroxylation is 1. The van der Waals surface area contributed by atoms with Crippen LogP contribution in [0.4, 0.5) is 0 Å². The predicted octanol–water partition coefficient (Wildman–Crippen LogP) is 2.18. The van der Waals surface area contributed by atoms with Gasteiger partial charge in [0.05, 0.1) is 12.3 Å². The SMILES string of the molecule is CCCNC(=O)c1c(C)nc2c(OCC)cccn12. The highest BCUT2D eigenvalue weighted by Crippen LogP contribution is 2.21. The maximum absolute atomic E-state index is 12.2. The van der Waals surface area contributed by atoms with Gasteiger partial charge in [-0.15, -0.1) is 0 Å². The number of aromatic nitrogens is 2. The largest absolute Gasteiger partial charge is 0.490 e. The van der Waals surface area contributed by atoms with Gasteiger partial charge in [0.25, 0.3) is 5.91 Å². The molecule has 0 atom stereocenters. The molecule has 0 unspecified atom stereocenters. The van der Waals surface area contributed by atoms with Crippen molar-refractivity contribution in [3.05, 3.63) is 29.7 Å². The van der Waals surface area contributed by atoms with Gasteiger partial charge >= 0.3 is 0 Å². The molecule has 0 saturated heterocycles. The van der Waals surface area contributed by atoms with E-state index in [0.717, 1.165) is 6.42 Å². The van der Waals surface area contributed by atoms with Crippen molar-refractivity contribution < 1.29 is 9.53 Å². The molecule has 0 radical (unpaired) electrons. The Morgan fingerprint density at radius 3 is 2.95 bits per heavy atom. The summed E-state index contributed by atoms with van der Waals surface area (Å²) in [5.74, 6) is 0.600. The third-order valence-corrected chi connectivity index (χ3v) is 2.84. The van der Waals surface area contributed by atoms with Crippen LogP contribution in [0.25, 0.3) is 5.65 Å². The van der Waals surface area contributed by atoms with E-state index in [1.54, 1.807) is 4.40 Å². The lowest BCUT2D eigenvalue weighted by atomic mass is 10.3. The Kier molecular flexibility index (Phi) is 4.04. The summed E-state index contributed by atoms with van der Waals surface area (Å²) in [5.41, 5.74) is 1.97. The molecule has 0 aromatic carbocycles. The standard InChI is InChI=1S/C14H19N3O2/c1-4-8-15-14(18)12-10(3)16-13-11(19-5-2)7-6-9-17(12)13/h6-7,9H,4-5,8H2,1-3H3,(H,15,18). The third-order valence-electron chi connectivity index (χ3n) is 2.84. The van der Waals surface area contributed by atoms with Crippen molar-refractivity contribution in [3.63, 3.8) is 0 Å². The van der Waals surface area contributed by atoms with Gasteiger partial charge < -0.3 is 10.1 Å². The zero-order valence-electron chi connectivity index (χ0n) is 11.6. The van der Waals surface area contributed by atoms with E-state index in [2.05, 4.69) is 10.3 Å². The molecular formula is C14H19N3O2. The van der Waals surface area contributed by atoms with Gasteiger partial charge in [0.1, 0.15) is 5.69 Å². The number of nitrogens with zero attached hydrogens (tertiary/aromatic N) is 2. The van der Waals surface area contributed by atoms with Crippen LogP contribution in [0.3, 0.4) is 0 Å². The Balaban J connectivity index is 2.47. The molecule has 2 aromatic rings. The van der Waals surface area contributed by atoms with Crippen LogP contribution in [-0.4, -0.2) is 28.4 Å². The fraction of sp³-hybridized carbons (Fsp3) is 0.429. The summed E-state index contributed by atoms with van der Waals surface area (Å²) in [6.07, 6.45) is 2.74. The van der Waals surface area contributed by atoms with Gasteiger partial charge in [0.2, 0.25) is 0 Å². The van der Waals surface area contributed by atoms with E-state index in [0.29, 0.717) is 35.9 Å². The Bertz CT molecular complexity index is 590. The van der Waals surface area contributed by atoms with Gasteiger partial charge in [-0.1, -0.05) is 6.92 Å². The van der Waals surface area contributed by atoms with Gasteiger partial charge in [-0.25, -0.2) is 4.98 Å². The first-order valence-corrected chi connectivity index (χ1v) is 6.57. The fourth-order valence-corrected chi connectivity index (χ4v) is 2.02. The second-order valence-electron chi connectivity index (χ2n) is 4.30. The molecule has 0 aliphatic heterocycles. The second kappa shape index (κ2) is 5.73. The van der Waals surface area contributed by atoms with Gasteiger partial charge in [0.15, 0.2) is 11.4 Å². The third kappa shape index (κ3) is 2.54. The molecule has 0 bridgehead atoms. The van der Waals surface area contributed by atoms with Crippen molar-refractivity contribution in [2.45, 2.75) is 27.2 Å². The topological polar surface area (TPSA) is 55.6 Å². The highest BCUT2D eigenvalue weighted by Gasteiger charge is 2.17. The minimum Gasteiger partial charge on any atom is -0.490 e. The van der Waals surface area contributed by atoms with E-state index in [9.17, 15) is 4.79 Å². The highest BCUT2D eigenvalue weighted by molar-refractivity contribution is 5.94. The molecule has 0 fully saturated rings. The van der Waals surface area contributed by atoms with Crippen LogP contribution in [0.5, 0.6) is 5.75 Å². The normalized spacial score (nSPS) is 10.7. The number of pyridine rings is 1. The average Bonchev–Trinajstić information content (AvgIpc) is 2.73. The summed E-state index contributed by atoms with van der Waals surface area (Å²) in [5, 5.41) is 2.88. The molecule has 2 aromatic heterocycles. The average molecular weight is 261 g/mol. The second-order valence-corrected chi connectivity index (χ2v) is 4.30. The Morgan fingerprint density at radius 1 is 1.47 bits per heavy atom. The fourth-order valence-electron chi connectivity index (χ4n) is 2.02. The number of carbonyl (C=O) groups excluding carboxylic acids is 1. The van der Waals surface area contributed by atoms with Crippen molar-refractivity contribution in [3.8, 4) is 5.75 Å². The number of ether oxygens (including phenoxy) is 1. The number of amides is 1. The molecule has 1 N–H and O–H groups in total. The quantitative estimate of drug-likeness (QED) is 0.897. The van der Waals surface area contributed by atoms with Gasteiger partial charge in [-0.3, -0.25) is 9.20 Å². The lowest BCUT2D eigenvalue weighted by Gasteiger charge is -2.06. The van der Waals surface area contributed by atoms with E-state index >= 15 is 0 Å². The zero-order chi connectivity index (χ0) is 13.8. The van der Waals surface area contributed by atoms with Crippen LogP contribution in [-0.2, 0) is 0 Å². The van der Waals surface area contributed by atoms with Crippen molar-refractivity contribution in [1.29, 1.82) is 0 Å². The molecule has 0 spiro atoms. The molecule has 2 heterocycles. The van der Waals surface area contributed by atoms with E-state index in [-0.39, 0.29) is 5.91 Å². The van der Waals surface area contributed by atoms with Crippen LogP contribution in [0.2, 0.25) is 0 Å². The number of hydrogen-bond acceptors (Lipinski definition) is 3. The maximum Gasteiger partial charge on any atom is 0.270 e. The number of fused-ring (bicyclic) bond motifs is 1. The molecule has 19 heavy (non-hydrogen) atoms. The summed E-state index contributed by atoms with van der Waals surface area (Å²) in [7, 11) is 0. The first kappa shape index (κ1) is 13.4. The lowest BCUT2D eigenvalue weighted by molar-refractivity contribution is 0.0947. The van der Waals surface area contributed by atoms with Gasteiger partial charge in [0, 0.05) is 12.7 Å². The number of hydrogen-bond donors (Lipinski definition) is 1. The summed E-state index contributed by atoms with van der Waals surface area (Å²) in [6, 6.07) is 3.72. The molecule has 0 aliphatic rings. The van der Waals surface area contributed by atoms with E-state index in [4.69, 9.17) is 4.74 Å². The van der Waals surface area contributed by atoms with Gasteiger partial charge in [-0.2, -0.15) is 0 Å². The Hall–Kier alpha value is -2.04. The Morgan fingerprint density at radius 2 is 2.26 bits per heavy atom. The van der Waals surface area contributed by atoms with Crippen molar-refractivity contribution in [2.24, 2.45) is 0 Å². The lowest BCUT2D eigenvalue weighted by Crippen LogP contribution is -2.26. The van der Waals surface area contributed by atoms with Crippen LogP contribution in [0.1, 0.15) is 36.5 Å². The predicted molar refractivity (Wildman–Crippen MR) is 73.7 cm³/mol. The maximum atomic E-state index is 12.2. The molecule has 5 heteroatoms. The van der Waals surface area contributed by atoms with Crippen LogP contribution in [0, 0.1) is 6.92 Å². The zero-order valence-corrected chi connectivity index (χ0v) is 11.6. The molecule has 1 amide bonds. The van der Waals surface area contributed by atoms with E-state index in [1.165, 1.54) is 0 Å². The molecular weight excluding hydrogens is 242 g/mol. The van der Waals surface area contributed by atoms with Crippen LogP contribution in [0.15, 0.2) is 18.3 Å². The molecule has 0 saturated carbocycles. The van der Waals surface area contributed by atoms with Crippen LogP contribution >= 0.6 is 0 Å².